The molecule has 0 unspecified atom stereocenters. The number of rotatable bonds is 4. The normalized spacial score (nSPS) is 16.8. The van der Waals surface area contributed by atoms with Crippen molar-refractivity contribution in [3.8, 4) is 11.5 Å². The Balaban J connectivity index is 1.67. The van der Waals surface area contributed by atoms with Crippen LogP contribution in [0.4, 0.5) is 0 Å². The van der Waals surface area contributed by atoms with Crippen molar-refractivity contribution in [1.29, 1.82) is 5.41 Å². The number of benzene rings is 1. The van der Waals surface area contributed by atoms with Gasteiger partial charge in [0.1, 0.15) is 5.84 Å². The van der Waals surface area contributed by atoms with Gasteiger partial charge in [0.2, 0.25) is 5.76 Å². The Bertz CT molecular complexity index is 1120. The minimum Gasteiger partial charge on any atom is -0.493 e. The van der Waals surface area contributed by atoms with Crippen molar-refractivity contribution in [2.24, 2.45) is 4.99 Å². The van der Waals surface area contributed by atoms with Crippen LogP contribution in [0.1, 0.15) is 16.1 Å². The summed E-state index contributed by atoms with van der Waals surface area (Å²) in [6, 6.07) is 6.31. The number of amidine groups is 2. The fourth-order valence-corrected chi connectivity index (χ4v) is 3.90. The number of nitrogens with zero attached hydrogens (tertiary/aromatic N) is 2. The first-order valence-electron chi connectivity index (χ1n) is 8.17. The summed E-state index contributed by atoms with van der Waals surface area (Å²) >= 11 is 4.64. The highest BCUT2D eigenvalue weighted by Gasteiger charge is 2.31. The van der Waals surface area contributed by atoms with Crippen LogP contribution in [0.5, 0.6) is 11.5 Å². The van der Waals surface area contributed by atoms with Crippen LogP contribution in [0, 0.1) is 5.41 Å². The fourth-order valence-electron chi connectivity index (χ4n) is 2.66. The first-order chi connectivity index (χ1) is 14.0. The molecule has 0 atom stereocenters. The number of thioether (sulfide) groups is 1. The van der Waals surface area contributed by atoms with E-state index in [1.165, 1.54) is 42.2 Å². The quantitative estimate of drug-likeness (QED) is 0.405. The van der Waals surface area contributed by atoms with Gasteiger partial charge < -0.3 is 13.9 Å². The molecule has 1 N–H and O–H groups in total. The van der Waals surface area contributed by atoms with Crippen LogP contribution in [-0.4, -0.2) is 34.9 Å². The van der Waals surface area contributed by atoms with E-state index < -0.39 is 11.9 Å². The van der Waals surface area contributed by atoms with Crippen LogP contribution in [0.3, 0.4) is 0 Å². The van der Waals surface area contributed by atoms with Crippen molar-refractivity contribution in [3.63, 3.8) is 0 Å². The molecule has 1 amide bonds. The molecule has 2 aliphatic rings. The van der Waals surface area contributed by atoms with Gasteiger partial charge in [0, 0.05) is 6.20 Å². The number of esters is 1. The van der Waals surface area contributed by atoms with E-state index in [2.05, 4.69) is 20.9 Å². The Morgan fingerprint density at radius 2 is 2.24 bits per heavy atom. The van der Waals surface area contributed by atoms with Crippen molar-refractivity contribution in [3.05, 3.63) is 63.5 Å². The molecular formula is C19H12BrN3O5S. The second-order valence-corrected chi connectivity index (χ2v) is 7.51. The van der Waals surface area contributed by atoms with Gasteiger partial charge in [0.25, 0.3) is 5.91 Å². The molecule has 146 valence electrons. The Hall–Kier alpha value is -3.11. The van der Waals surface area contributed by atoms with Crippen molar-refractivity contribution < 1.29 is 23.5 Å². The monoisotopic (exact) mass is 473 g/mol. The standard InChI is InChI=1S/C19H12BrN3O5S/c1-26-14-9-10(7-11-16(21)23-4-6-29-19(23)22-17(11)24)8-12(20)15(14)28-18(25)13-3-2-5-27-13/h2-9,21H,1H3/b11-7-,21-16?. The number of hydrogen-bond acceptors (Lipinski definition) is 7. The van der Waals surface area contributed by atoms with Gasteiger partial charge in [-0.15, -0.1) is 0 Å². The van der Waals surface area contributed by atoms with Crippen LogP contribution in [0.25, 0.3) is 6.08 Å². The van der Waals surface area contributed by atoms with Crippen LogP contribution >= 0.6 is 27.7 Å². The smallest absolute Gasteiger partial charge is 0.379 e. The molecule has 0 saturated carbocycles. The summed E-state index contributed by atoms with van der Waals surface area (Å²) in [5.74, 6) is -0.659. The Labute approximate surface area is 177 Å². The van der Waals surface area contributed by atoms with Crippen molar-refractivity contribution in [1.82, 2.24) is 4.90 Å². The molecule has 3 heterocycles. The molecule has 2 aromatic rings. The van der Waals surface area contributed by atoms with E-state index in [0.29, 0.717) is 15.2 Å². The SMILES string of the molecule is COc1cc(/C=C2/C(=N)N3C=CSC3=NC2=O)cc(Br)c1OC(=O)c1ccco1. The lowest BCUT2D eigenvalue weighted by molar-refractivity contribution is -0.114. The number of fused-ring (bicyclic) bond motifs is 1. The van der Waals surface area contributed by atoms with E-state index in [1.54, 1.807) is 29.8 Å². The molecule has 1 aromatic heterocycles. The second kappa shape index (κ2) is 7.72. The van der Waals surface area contributed by atoms with Gasteiger partial charge in [-0.1, -0.05) is 11.8 Å². The minimum absolute atomic E-state index is 0.0321. The number of amides is 1. The van der Waals surface area contributed by atoms with E-state index in [4.69, 9.17) is 19.3 Å². The minimum atomic E-state index is -0.676. The van der Waals surface area contributed by atoms with Gasteiger partial charge in [-0.3, -0.25) is 15.1 Å². The molecule has 0 aliphatic carbocycles. The average Bonchev–Trinajstić information content (AvgIpc) is 3.38. The van der Waals surface area contributed by atoms with Gasteiger partial charge in [0.15, 0.2) is 16.7 Å². The largest absolute Gasteiger partial charge is 0.493 e. The predicted octanol–water partition coefficient (Wildman–Crippen LogP) is 4.05. The number of aliphatic imine (C=N–C) groups is 1. The third-order valence-corrected chi connectivity index (χ3v) is 5.34. The molecule has 8 nitrogen and oxygen atoms in total. The number of halogens is 1. The lowest BCUT2D eigenvalue weighted by Crippen LogP contribution is -2.35. The molecule has 2 aliphatic heterocycles. The summed E-state index contributed by atoms with van der Waals surface area (Å²) in [5, 5.41) is 10.5. The summed E-state index contributed by atoms with van der Waals surface area (Å²) in [6.45, 7) is 0. The maximum absolute atomic E-state index is 12.3. The first-order valence-corrected chi connectivity index (χ1v) is 9.84. The van der Waals surface area contributed by atoms with E-state index >= 15 is 0 Å². The maximum Gasteiger partial charge on any atom is 0.379 e. The van der Waals surface area contributed by atoms with Crippen molar-refractivity contribution >= 4 is 56.6 Å². The molecule has 0 fully saturated rings. The third kappa shape index (κ3) is 3.64. The van der Waals surface area contributed by atoms with Gasteiger partial charge in [-0.2, -0.15) is 4.99 Å². The van der Waals surface area contributed by atoms with Gasteiger partial charge in [-0.05, 0) is 57.2 Å². The third-order valence-electron chi connectivity index (χ3n) is 3.99. The summed E-state index contributed by atoms with van der Waals surface area (Å²) in [4.78, 5) is 30.1. The summed E-state index contributed by atoms with van der Waals surface area (Å²) in [5.41, 5.74) is 0.698. The van der Waals surface area contributed by atoms with E-state index in [1.807, 2.05) is 0 Å². The van der Waals surface area contributed by atoms with Crippen molar-refractivity contribution in [2.75, 3.05) is 7.11 Å². The zero-order valence-electron chi connectivity index (χ0n) is 14.8. The summed E-state index contributed by atoms with van der Waals surface area (Å²) < 4.78 is 16.2. The number of nitrogens with one attached hydrogen (secondary N) is 1. The topological polar surface area (TPSA) is 105 Å². The van der Waals surface area contributed by atoms with Crippen LogP contribution in [-0.2, 0) is 4.79 Å². The number of furan rings is 1. The highest BCUT2D eigenvalue weighted by Crippen LogP contribution is 2.38. The molecule has 29 heavy (non-hydrogen) atoms. The zero-order chi connectivity index (χ0) is 20.5. The molecule has 0 bridgehead atoms. The highest BCUT2D eigenvalue weighted by molar-refractivity contribution is 9.10. The van der Waals surface area contributed by atoms with Crippen LogP contribution in [0.15, 0.2) is 61.6 Å². The fraction of sp³-hybridized carbons (Fsp3) is 0.0526. The van der Waals surface area contributed by atoms with E-state index in [9.17, 15) is 9.59 Å². The second-order valence-electron chi connectivity index (χ2n) is 5.78. The van der Waals surface area contributed by atoms with E-state index in [-0.39, 0.29) is 28.7 Å². The number of carbonyl (C=O) groups excluding carboxylic acids is 2. The predicted molar refractivity (Wildman–Crippen MR) is 111 cm³/mol. The molecule has 10 heteroatoms. The Kier molecular flexibility index (Phi) is 5.12. The molecule has 0 radical (unpaired) electrons. The number of carbonyl (C=O) groups is 2. The molecular weight excluding hydrogens is 462 g/mol. The zero-order valence-corrected chi connectivity index (χ0v) is 17.2. The molecule has 0 spiro atoms. The highest BCUT2D eigenvalue weighted by atomic mass is 79.9. The van der Waals surface area contributed by atoms with Crippen LogP contribution < -0.4 is 9.47 Å². The lowest BCUT2D eigenvalue weighted by Gasteiger charge is -2.22. The molecule has 4 rings (SSSR count). The molecule has 1 aromatic carbocycles. The Morgan fingerprint density at radius 3 is 2.97 bits per heavy atom. The van der Waals surface area contributed by atoms with Crippen molar-refractivity contribution in [2.45, 2.75) is 0 Å². The van der Waals surface area contributed by atoms with Gasteiger partial charge in [0.05, 0.1) is 23.4 Å². The van der Waals surface area contributed by atoms with Gasteiger partial charge >= 0.3 is 5.97 Å². The summed E-state index contributed by atoms with van der Waals surface area (Å²) in [7, 11) is 1.43. The maximum atomic E-state index is 12.3. The number of methoxy groups -OCH3 is 1. The summed E-state index contributed by atoms with van der Waals surface area (Å²) in [6.07, 6.45) is 4.59. The van der Waals surface area contributed by atoms with Crippen LogP contribution in [0.2, 0.25) is 0 Å². The Morgan fingerprint density at radius 1 is 1.41 bits per heavy atom. The average molecular weight is 474 g/mol. The molecule has 0 saturated heterocycles. The number of hydrogen-bond donors (Lipinski definition) is 1. The van der Waals surface area contributed by atoms with E-state index in [0.717, 1.165) is 0 Å². The first kappa shape index (κ1) is 19.2. The number of ether oxygens (including phenoxy) is 2. The lowest BCUT2D eigenvalue weighted by atomic mass is 10.1. The van der Waals surface area contributed by atoms with Gasteiger partial charge in [-0.25, -0.2) is 4.79 Å².